The van der Waals surface area contributed by atoms with Crippen molar-refractivity contribution in [2.24, 2.45) is 0 Å². The minimum atomic E-state index is 0.326. The second-order valence-corrected chi connectivity index (χ2v) is 12.9. The first-order chi connectivity index (χ1) is 17.3. The van der Waals surface area contributed by atoms with E-state index in [4.69, 9.17) is 0 Å². The Kier molecular flexibility index (Phi) is 3.11. The Hall–Kier alpha value is -3.12. The fourth-order valence-electron chi connectivity index (χ4n) is 6.71. The smallest absolute Gasteiger partial charge is 0.252 e. The number of benzene rings is 5. The van der Waals surface area contributed by atoms with Gasteiger partial charge in [-0.3, -0.25) is 0 Å². The Morgan fingerprint density at radius 2 is 1.31 bits per heavy atom. The third kappa shape index (κ3) is 2.02. The molecule has 160 valence electrons. The van der Waals surface area contributed by atoms with Crippen molar-refractivity contribution in [1.82, 2.24) is 4.57 Å². The Balaban J connectivity index is 1.46. The van der Waals surface area contributed by atoms with Gasteiger partial charge in [0.25, 0.3) is 6.71 Å². The molecule has 5 aromatic carbocycles. The number of nitrogens with zero attached hydrogens (tertiary/aromatic N) is 1. The van der Waals surface area contributed by atoms with E-state index in [1.165, 1.54) is 83.6 Å². The summed E-state index contributed by atoms with van der Waals surface area (Å²) in [5.41, 5.74) is 8.62. The average Bonchev–Trinajstić information content (AvgIpc) is 3.42. The van der Waals surface area contributed by atoms with Crippen molar-refractivity contribution in [3.8, 4) is 5.69 Å². The molecule has 10 rings (SSSR count). The standard InChI is InChI=1S/C30H14BNS3/c1-2-7-21-15(5-1)18-13-20-17(14-26(18)33-21)16-11-12-25-29-30(16)32(20)19-6-3-8-22-27(19)31(29)28-23(34-22)9-4-10-24(28)35-25/h1-14H. The maximum absolute atomic E-state index is 2.59. The van der Waals surface area contributed by atoms with Crippen LogP contribution in [0.2, 0.25) is 0 Å². The molecule has 0 aliphatic carbocycles. The monoisotopic (exact) mass is 495 g/mol. The van der Waals surface area contributed by atoms with E-state index in [2.05, 4.69) is 89.5 Å². The summed E-state index contributed by atoms with van der Waals surface area (Å²) in [6.45, 7) is 0.326. The third-order valence-electron chi connectivity index (χ3n) is 8.04. The van der Waals surface area contributed by atoms with E-state index in [0.29, 0.717) is 6.71 Å². The van der Waals surface area contributed by atoms with Gasteiger partial charge in [0, 0.05) is 56.2 Å². The van der Waals surface area contributed by atoms with Crippen LogP contribution in [0.4, 0.5) is 0 Å². The lowest BCUT2D eigenvalue weighted by atomic mass is 9.35. The van der Waals surface area contributed by atoms with Crippen LogP contribution >= 0.6 is 34.9 Å². The van der Waals surface area contributed by atoms with Gasteiger partial charge in [-0.15, -0.1) is 11.3 Å². The van der Waals surface area contributed by atoms with Crippen LogP contribution in [0.3, 0.4) is 0 Å². The van der Waals surface area contributed by atoms with Crippen molar-refractivity contribution in [3.63, 3.8) is 0 Å². The molecule has 0 amide bonds. The Morgan fingerprint density at radius 1 is 0.543 bits per heavy atom. The molecule has 0 N–H and O–H groups in total. The molecule has 3 aliphatic rings. The zero-order valence-corrected chi connectivity index (χ0v) is 20.8. The van der Waals surface area contributed by atoms with Crippen LogP contribution in [-0.2, 0) is 0 Å². The summed E-state index contributed by atoms with van der Waals surface area (Å²) in [6, 6.07) is 32.3. The molecule has 0 bridgehead atoms. The SMILES string of the molecule is c1cc2c3c(c1)Sc1ccc4c5cc6sc7ccccc7c6cc5n5c4c1B3c1c(cccc1-5)S2. The van der Waals surface area contributed by atoms with Crippen LogP contribution in [-0.4, -0.2) is 11.3 Å². The molecule has 0 saturated heterocycles. The number of hydrogen-bond acceptors (Lipinski definition) is 3. The summed E-state index contributed by atoms with van der Waals surface area (Å²) in [6.07, 6.45) is 0. The lowest BCUT2D eigenvalue weighted by molar-refractivity contribution is 1.16. The fraction of sp³-hybridized carbons (Fsp3) is 0. The van der Waals surface area contributed by atoms with Crippen molar-refractivity contribution in [1.29, 1.82) is 0 Å². The van der Waals surface area contributed by atoms with E-state index in [-0.39, 0.29) is 0 Å². The highest BCUT2D eigenvalue weighted by Gasteiger charge is 2.44. The minimum Gasteiger partial charge on any atom is -0.310 e. The van der Waals surface area contributed by atoms with Gasteiger partial charge in [-0.05, 0) is 64.9 Å². The molecular weight excluding hydrogens is 481 g/mol. The normalized spacial score (nSPS) is 14.6. The molecule has 0 saturated carbocycles. The lowest BCUT2D eigenvalue weighted by Crippen LogP contribution is -2.61. The number of fused-ring (bicyclic) bond motifs is 7. The highest BCUT2D eigenvalue weighted by molar-refractivity contribution is 8.01. The highest BCUT2D eigenvalue weighted by atomic mass is 32.2. The fourth-order valence-corrected chi connectivity index (χ4v) is 10.3. The van der Waals surface area contributed by atoms with Gasteiger partial charge >= 0.3 is 0 Å². The Labute approximate surface area is 213 Å². The van der Waals surface area contributed by atoms with Gasteiger partial charge in [0.2, 0.25) is 0 Å². The summed E-state index contributed by atoms with van der Waals surface area (Å²) >= 11 is 5.81. The summed E-state index contributed by atoms with van der Waals surface area (Å²) in [7, 11) is 0. The van der Waals surface area contributed by atoms with Crippen molar-refractivity contribution < 1.29 is 0 Å². The molecule has 5 heteroatoms. The second kappa shape index (κ2) is 5.99. The first-order valence-corrected chi connectivity index (χ1v) is 14.3. The van der Waals surface area contributed by atoms with Gasteiger partial charge in [-0.25, -0.2) is 0 Å². The Bertz CT molecular complexity index is 2120. The molecule has 0 spiro atoms. The molecule has 0 radical (unpaired) electrons. The molecule has 0 atom stereocenters. The Morgan fingerprint density at radius 3 is 2.20 bits per heavy atom. The quantitative estimate of drug-likeness (QED) is 0.211. The van der Waals surface area contributed by atoms with Crippen molar-refractivity contribution in [2.45, 2.75) is 19.6 Å². The molecule has 0 fully saturated rings. The first kappa shape index (κ1) is 18.2. The van der Waals surface area contributed by atoms with Crippen LogP contribution in [0.1, 0.15) is 0 Å². The maximum Gasteiger partial charge on any atom is 0.252 e. The van der Waals surface area contributed by atoms with Crippen molar-refractivity contribution in [2.75, 3.05) is 0 Å². The van der Waals surface area contributed by atoms with Gasteiger partial charge in [0.15, 0.2) is 0 Å². The van der Waals surface area contributed by atoms with Crippen molar-refractivity contribution >= 4 is 99.9 Å². The molecule has 7 aromatic rings. The molecule has 35 heavy (non-hydrogen) atoms. The van der Waals surface area contributed by atoms with E-state index < -0.39 is 0 Å². The number of rotatable bonds is 0. The third-order valence-corrected chi connectivity index (χ3v) is 11.5. The summed E-state index contributed by atoms with van der Waals surface area (Å²) in [5.74, 6) is 0. The van der Waals surface area contributed by atoms with E-state index in [0.717, 1.165) is 0 Å². The molecule has 1 nitrogen and oxygen atoms in total. The molecular formula is C30H14BNS3. The van der Waals surface area contributed by atoms with E-state index in [1.54, 1.807) is 0 Å². The van der Waals surface area contributed by atoms with Crippen LogP contribution in [0, 0.1) is 0 Å². The van der Waals surface area contributed by atoms with Gasteiger partial charge in [0.05, 0.1) is 11.0 Å². The zero-order chi connectivity index (χ0) is 22.4. The van der Waals surface area contributed by atoms with Crippen molar-refractivity contribution in [3.05, 3.63) is 84.9 Å². The predicted molar refractivity (Wildman–Crippen MR) is 153 cm³/mol. The first-order valence-electron chi connectivity index (χ1n) is 11.9. The van der Waals surface area contributed by atoms with E-state index >= 15 is 0 Å². The molecule has 3 aliphatic heterocycles. The van der Waals surface area contributed by atoms with E-state index in [9.17, 15) is 0 Å². The zero-order valence-electron chi connectivity index (χ0n) is 18.3. The number of aromatic nitrogens is 1. The maximum atomic E-state index is 2.59. The summed E-state index contributed by atoms with van der Waals surface area (Å²) in [4.78, 5) is 5.66. The lowest BCUT2D eigenvalue weighted by Gasteiger charge is -2.37. The van der Waals surface area contributed by atoms with Crippen LogP contribution in [0.25, 0.3) is 47.7 Å². The predicted octanol–water partition coefficient (Wildman–Crippen LogP) is 6.91. The number of thiophene rings is 1. The average molecular weight is 495 g/mol. The van der Waals surface area contributed by atoms with E-state index in [1.807, 2.05) is 34.9 Å². The molecule has 5 heterocycles. The molecule has 0 unspecified atom stereocenters. The van der Waals surface area contributed by atoms with Crippen LogP contribution in [0.5, 0.6) is 0 Å². The van der Waals surface area contributed by atoms with Gasteiger partial charge in [-0.2, -0.15) is 0 Å². The van der Waals surface area contributed by atoms with Crippen LogP contribution < -0.4 is 16.4 Å². The summed E-state index contributed by atoms with van der Waals surface area (Å²) < 4.78 is 5.33. The van der Waals surface area contributed by atoms with Gasteiger partial charge in [-0.1, -0.05) is 59.9 Å². The van der Waals surface area contributed by atoms with Gasteiger partial charge < -0.3 is 4.57 Å². The number of hydrogen-bond donors (Lipinski definition) is 0. The minimum absolute atomic E-state index is 0.326. The van der Waals surface area contributed by atoms with Crippen LogP contribution in [0.15, 0.2) is 105 Å². The second-order valence-electron chi connectivity index (χ2n) is 9.67. The molecule has 2 aromatic heterocycles. The summed E-state index contributed by atoms with van der Waals surface area (Å²) in [5, 5.41) is 5.49. The largest absolute Gasteiger partial charge is 0.310 e. The highest BCUT2D eigenvalue weighted by Crippen LogP contribution is 2.46. The topological polar surface area (TPSA) is 4.93 Å². The van der Waals surface area contributed by atoms with Gasteiger partial charge in [0.1, 0.15) is 0 Å².